The minimum absolute atomic E-state index is 0.0385. The highest BCUT2D eigenvalue weighted by molar-refractivity contribution is 5.77. The van der Waals surface area contributed by atoms with E-state index in [-0.39, 0.29) is 12.5 Å². The summed E-state index contributed by atoms with van der Waals surface area (Å²) in [5.74, 6) is 2.03. The second-order valence-electron chi connectivity index (χ2n) is 6.02. The lowest BCUT2D eigenvalue weighted by Crippen LogP contribution is -2.32. The van der Waals surface area contributed by atoms with E-state index >= 15 is 0 Å². The topological polar surface area (TPSA) is 47.4 Å². The van der Waals surface area contributed by atoms with Crippen LogP contribution in [-0.4, -0.2) is 34.0 Å². The number of carbonyl (C=O) groups excluding carboxylic acids is 1. The van der Waals surface area contributed by atoms with Gasteiger partial charge >= 0.3 is 0 Å². The number of carbonyl (C=O) groups is 1. The van der Waals surface area contributed by atoms with Crippen molar-refractivity contribution >= 4 is 5.91 Å². The molecule has 0 unspecified atom stereocenters. The van der Waals surface area contributed by atoms with Crippen molar-refractivity contribution in [3.05, 3.63) is 48.0 Å². The van der Waals surface area contributed by atoms with Crippen LogP contribution in [0.25, 0.3) is 0 Å². The van der Waals surface area contributed by atoms with E-state index in [9.17, 15) is 4.79 Å². The fraction of sp³-hybridized carbons (Fsp3) is 0.474. The first kappa shape index (κ1) is 18.0. The Labute approximate surface area is 144 Å². The first-order valence-electron chi connectivity index (χ1n) is 8.52. The molecule has 130 valence electrons. The summed E-state index contributed by atoms with van der Waals surface area (Å²) < 4.78 is 7.83. The number of para-hydroxylation sites is 1. The molecular formula is C19H27N3O2. The van der Waals surface area contributed by atoms with Crippen LogP contribution in [-0.2, 0) is 17.9 Å². The zero-order valence-corrected chi connectivity index (χ0v) is 15.0. The van der Waals surface area contributed by atoms with E-state index in [1.165, 1.54) is 0 Å². The molecule has 1 atom stereocenters. The highest BCUT2D eigenvalue weighted by Crippen LogP contribution is 2.28. The van der Waals surface area contributed by atoms with E-state index in [0.29, 0.717) is 12.5 Å². The summed E-state index contributed by atoms with van der Waals surface area (Å²) in [5, 5.41) is 0. The lowest BCUT2D eigenvalue weighted by molar-refractivity contribution is -0.132. The number of hydrogen-bond acceptors (Lipinski definition) is 3. The minimum atomic E-state index is -0.0559. The van der Waals surface area contributed by atoms with E-state index in [4.69, 9.17) is 4.74 Å². The maximum Gasteiger partial charge on any atom is 0.260 e. The number of rotatable bonds is 8. The Bertz CT molecular complexity index is 666. The molecule has 1 amide bonds. The molecular weight excluding hydrogens is 302 g/mol. The minimum Gasteiger partial charge on any atom is -0.483 e. The number of nitrogens with zero attached hydrogens (tertiary/aromatic N) is 3. The van der Waals surface area contributed by atoms with Crippen LogP contribution in [0.2, 0.25) is 0 Å². The number of amides is 1. The first-order valence-corrected chi connectivity index (χ1v) is 8.52. The van der Waals surface area contributed by atoms with Crippen molar-refractivity contribution < 1.29 is 9.53 Å². The van der Waals surface area contributed by atoms with Gasteiger partial charge in [0.05, 0.1) is 6.54 Å². The molecule has 24 heavy (non-hydrogen) atoms. The fourth-order valence-electron chi connectivity index (χ4n) is 2.57. The van der Waals surface area contributed by atoms with Gasteiger partial charge in [0.25, 0.3) is 5.91 Å². The zero-order valence-electron chi connectivity index (χ0n) is 15.0. The van der Waals surface area contributed by atoms with Crippen molar-refractivity contribution in [3.63, 3.8) is 0 Å². The second-order valence-corrected chi connectivity index (χ2v) is 6.02. The van der Waals surface area contributed by atoms with Gasteiger partial charge in [-0.25, -0.2) is 4.98 Å². The van der Waals surface area contributed by atoms with Crippen LogP contribution in [0.5, 0.6) is 5.75 Å². The van der Waals surface area contributed by atoms with E-state index in [2.05, 4.69) is 31.8 Å². The van der Waals surface area contributed by atoms with Gasteiger partial charge in [0, 0.05) is 26.0 Å². The molecule has 2 aromatic rings. The van der Waals surface area contributed by atoms with Crippen molar-refractivity contribution in [2.75, 3.05) is 13.7 Å². The summed E-state index contributed by atoms with van der Waals surface area (Å²) in [4.78, 5) is 18.3. The predicted molar refractivity (Wildman–Crippen MR) is 95.0 cm³/mol. The van der Waals surface area contributed by atoms with Crippen molar-refractivity contribution in [2.24, 2.45) is 0 Å². The SMILES string of the molecule is CC[C@@H](C)c1ccccc1OCC(=O)N(C)Cc1nccn1CC. The molecule has 1 aromatic heterocycles. The molecule has 0 aliphatic carbocycles. The summed E-state index contributed by atoms with van der Waals surface area (Å²) in [7, 11) is 1.78. The maximum absolute atomic E-state index is 12.4. The molecule has 0 aliphatic heterocycles. The smallest absolute Gasteiger partial charge is 0.260 e. The van der Waals surface area contributed by atoms with E-state index < -0.39 is 0 Å². The lowest BCUT2D eigenvalue weighted by Gasteiger charge is -2.19. The molecule has 2 rings (SSSR count). The second kappa shape index (κ2) is 8.52. The molecule has 0 aliphatic rings. The Morgan fingerprint density at radius 3 is 2.79 bits per heavy atom. The molecule has 0 fully saturated rings. The molecule has 5 heteroatoms. The summed E-state index contributed by atoms with van der Waals surface area (Å²) in [6, 6.07) is 7.94. The maximum atomic E-state index is 12.4. The largest absolute Gasteiger partial charge is 0.483 e. The van der Waals surface area contributed by atoms with Gasteiger partial charge in [0.1, 0.15) is 11.6 Å². The molecule has 0 saturated heterocycles. The van der Waals surface area contributed by atoms with E-state index in [0.717, 1.165) is 30.1 Å². The Kier molecular flexibility index (Phi) is 6.41. The van der Waals surface area contributed by atoms with Gasteiger partial charge in [-0.15, -0.1) is 0 Å². The molecule has 5 nitrogen and oxygen atoms in total. The zero-order chi connectivity index (χ0) is 17.5. The summed E-state index contributed by atoms with van der Waals surface area (Å²) in [6.45, 7) is 7.74. The molecule has 0 radical (unpaired) electrons. The standard InChI is InChI=1S/C19H27N3O2/c1-5-15(3)16-9-7-8-10-17(16)24-14-19(23)21(4)13-18-20-11-12-22(18)6-2/h7-12,15H,5-6,13-14H2,1-4H3/t15-/m1/s1. The van der Waals surface area contributed by atoms with Crippen LogP contribution in [0.1, 0.15) is 44.5 Å². The molecule has 0 bridgehead atoms. The van der Waals surface area contributed by atoms with Crippen molar-refractivity contribution in [2.45, 2.75) is 46.2 Å². The van der Waals surface area contributed by atoms with Gasteiger partial charge in [-0.2, -0.15) is 0 Å². The van der Waals surface area contributed by atoms with E-state index in [1.807, 2.05) is 29.0 Å². The number of hydrogen-bond donors (Lipinski definition) is 0. The first-order chi connectivity index (χ1) is 11.6. The number of aromatic nitrogens is 2. The van der Waals surface area contributed by atoms with Gasteiger partial charge in [0.15, 0.2) is 6.61 Å². The van der Waals surface area contributed by atoms with Crippen LogP contribution >= 0.6 is 0 Å². The molecule has 0 N–H and O–H groups in total. The van der Waals surface area contributed by atoms with Crippen molar-refractivity contribution in [1.29, 1.82) is 0 Å². The van der Waals surface area contributed by atoms with E-state index in [1.54, 1.807) is 18.1 Å². The van der Waals surface area contributed by atoms with Crippen LogP contribution in [0, 0.1) is 0 Å². The van der Waals surface area contributed by atoms with Crippen LogP contribution in [0.15, 0.2) is 36.7 Å². The quantitative estimate of drug-likeness (QED) is 0.745. The summed E-state index contributed by atoms with van der Waals surface area (Å²) >= 11 is 0. The highest BCUT2D eigenvalue weighted by Gasteiger charge is 2.15. The van der Waals surface area contributed by atoms with Gasteiger partial charge in [-0.1, -0.05) is 32.0 Å². The van der Waals surface area contributed by atoms with Gasteiger partial charge in [-0.3, -0.25) is 4.79 Å². The summed E-state index contributed by atoms with van der Waals surface area (Å²) in [6.07, 6.45) is 4.72. The third kappa shape index (κ3) is 4.37. The molecule has 1 heterocycles. The third-order valence-corrected chi connectivity index (χ3v) is 4.36. The number of likely N-dealkylation sites (N-methyl/N-ethyl adjacent to an activating group) is 1. The fourth-order valence-corrected chi connectivity index (χ4v) is 2.57. The number of ether oxygens (including phenoxy) is 1. The Hall–Kier alpha value is -2.30. The number of benzene rings is 1. The Morgan fingerprint density at radius 1 is 1.33 bits per heavy atom. The average molecular weight is 329 g/mol. The molecule has 0 spiro atoms. The van der Waals surface area contributed by atoms with Gasteiger partial charge < -0.3 is 14.2 Å². The average Bonchev–Trinajstić information content (AvgIpc) is 3.06. The number of aryl methyl sites for hydroxylation is 1. The Balaban J connectivity index is 1.96. The molecule has 0 saturated carbocycles. The highest BCUT2D eigenvalue weighted by atomic mass is 16.5. The Morgan fingerprint density at radius 2 is 2.08 bits per heavy atom. The van der Waals surface area contributed by atoms with Gasteiger partial charge in [-0.05, 0) is 30.9 Å². The monoisotopic (exact) mass is 329 g/mol. The number of imidazole rings is 1. The third-order valence-electron chi connectivity index (χ3n) is 4.36. The van der Waals surface area contributed by atoms with Crippen molar-refractivity contribution in [1.82, 2.24) is 14.5 Å². The van der Waals surface area contributed by atoms with Gasteiger partial charge in [0.2, 0.25) is 0 Å². The van der Waals surface area contributed by atoms with Crippen LogP contribution in [0.3, 0.4) is 0 Å². The van der Waals surface area contributed by atoms with Crippen molar-refractivity contribution in [3.8, 4) is 5.75 Å². The lowest BCUT2D eigenvalue weighted by atomic mass is 9.98. The predicted octanol–water partition coefficient (Wildman–Crippen LogP) is 3.45. The summed E-state index contributed by atoms with van der Waals surface area (Å²) in [5.41, 5.74) is 1.15. The normalized spacial score (nSPS) is 12.0. The molecule has 1 aromatic carbocycles. The van der Waals surface area contributed by atoms with Crippen LogP contribution < -0.4 is 4.74 Å². The van der Waals surface area contributed by atoms with Crippen LogP contribution in [0.4, 0.5) is 0 Å².